The van der Waals surface area contributed by atoms with Gasteiger partial charge in [-0.15, -0.1) is 0 Å². The lowest BCUT2D eigenvalue weighted by molar-refractivity contribution is -0.384. The molecule has 2 heterocycles. The van der Waals surface area contributed by atoms with Crippen molar-refractivity contribution in [3.05, 3.63) is 68.6 Å². The van der Waals surface area contributed by atoms with Gasteiger partial charge in [-0.25, -0.2) is 4.98 Å². The predicted molar refractivity (Wildman–Crippen MR) is 90.7 cm³/mol. The number of aromatic nitrogens is 2. The van der Waals surface area contributed by atoms with Crippen molar-refractivity contribution in [3.63, 3.8) is 0 Å². The number of carbonyl (C=O) groups is 1. The number of hydrogen-bond donors (Lipinski definition) is 1. The molecule has 3 rings (SSSR count). The summed E-state index contributed by atoms with van der Waals surface area (Å²) < 4.78 is 1.68. The molecule has 0 saturated heterocycles. The quantitative estimate of drug-likeness (QED) is 0.578. The normalized spacial score (nSPS) is 10.8. The van der Waals surface area contributed by atoms with Crippen molar-refractivity contribution >= 4 is 34.5 Å². The lowest BCUT2D eigenvalue weighted by Crippen LogP contribution is -2.15. The van der Waals surface area contributed by atoms with Gasteiger partial charge < -0.3 is 5.32 Å². The van der Waals surface area contributed by atoms with Gasteiger partial charge in [0.05, 0.1) is 10.6 Å². The highest BCUT2D eigenvalue weighted by Crippen LogP contribution is 2.27. The van der Waals surface area contributed by atoms with Gasteiger partial charge in [-0.2, -0.15) is 0 Å². The van der Waals surface area contributed by atoms with Crippen LogP contribution >= 0.6 is 11.6 Å². The monoisotopic (exact) mass is 344 g/mol. The van der Waals surface area contributed by atoms with Gasteiger partial charge in [-0.05, 0) is 43.7 Å². The molecule has 2 aromatic heterocycles. The third-order valence-corrected chi connectivity index (χ3v) is 3.89. The SMILES string of the molecule is Cc1ccn2c(C(=O)Nc3ccc(Cl)c([N+](=O)[O-])c3)c(C)nc2c1. The summed E-state index contributed by atoms with van der Waals surface area (Å²) in [7, 11) is 0. The Morgan fingerprint density at radius 3 is 2.75 bits per heavy atom. The van der Waals surface area contributed by atoms with Gasteiger partial charge in [-0.1, -0.05) is 11.6 Å². The second-order valence-electron chi connectivity index (χ2n) is 5.36. The second kappa shape index (κ2) is 5.93. The first-order valence-electron chi connectivity index (χ1n) is 7.07. The zero-order valence-electron chi connectivity index (χ0n) is 12.9. The molecular formula is C16H13ClN4O3. The van der Waals surface area contributed by atoms with E-state index in [1.807, 2.05) is 19.1 Å². The molecule has 1 amide bonds. The first kappa shape index (κ1) is 15.9. The molecule has 0 fully saturated rings. The van der Waals surface area contributed by atoms with Crippen LogP contribution in [0, 0.1) is 24.0 Å². The first-order chi connectivity index (χ1) is 11.4. The first-order valence-corrected chi connectivity index (χ1v) is 7.45. The van der Waals surface area contributed by atoms with E-state index in [4.69, 9.17) is 11.6 Å². The minimum absolute atomic E-state index is 0.0134. The fraction of sp³-hybridized carbons (Fsp3) is 0.125. The number of pyridine rings is 1. The Kier molecular flexibility index (Phi) is 3.94. The number of halogens is 1. The van der Waals surface area contributed by atoms with Crippen molar-refractivity contribution in [3.8, 4) is 0 Å². The van der Waals surface area contributed by atoms with Crippen LogP contribution in [0.15, 0.2) is 36.5 Å². The van der Waals surface area contributed by atoms with Gasteiger partial charge in [0.2, 0.25) is 0 Å². The zero-order valence-corrected chi connectivity index (χ0v) is 13.7. The van der Waals surface area contributed by atoms with Gasteiger partial charge in [0.15, 0.2) is 0 Å². The number of aryl methyl sites for hydroxylation is 2. The largest absolute Gasteiger partial charge is 0.320 e. The van der Waals surface area contributed by atoms with Crippen LogP contribution in [0.25, 0.3) is 5.65 Å². The molecule has 8 heteroatoms. The number of nitro benzene ring substituents is 1. The van der Waals surface area contributed by atoms with E-state index in [1.165, 1.54) is 18.2 Å². The number of nitrogens with zero attached hydrogens (tertiary/aromatic N) is 3. The van der Waals surface area contributed by atoms with Gasteiger partial charge in [0.1, 0.15) is 16.4 Å². The van der Waals surface area contributed by atoms with E-state index >= 15 is 0 Å². The van der Waals surface area contributed by atoms with Gasteiger partial charge >= 0.3 is 0 Å². The Hall–Kier alpha value is -2.93. The molecule has 24 heavy (non-hydrogen) atoms. The van der Waals surface area contributed by atoms with E-state index in [9.17, 15) is 14.9 Å². The second-order valence-corrected chi connectivity index (χ2v) is 5.76. The molecule has 0 saturated carbocycles. The number of carbonyl (C=O) groups excluding carboxylic acids is 1. The summed E-state index contributed by atoms with van der Waals surface area (Å²) in [6.45, 7) is 3.68. The maximum Gasteiger partial charge on any atom is 0.289 e. The third-order valence-electron chi connectivity index (χ3n) is 3.57. The molecule has 0 aliphatic carbocycles. The molecule has 122 valence electrons. The summed E-state index contributed by atoms with van der Waals surface area (Å²) in [6.07, 6.45) is 1.77. The molecular weight excluding hydrogens is 332 g/mol. The Bertz CT molecular complexity index is 981. The Labute approximate surface area is 142 Å². The topological polar surface area (TPSA) is 89.5 Å². The minimum Gasteiger partial charge on any atom is -0.320 e. The van der Waals surface area contributed by atoms with E-state index in [-0.39, 0.29) is 16.4 Å². The van der Waals surface area contributed by atoms with Crippen LogP contribution in [0.2, 0.25) is 5.02 Å². The summed E-state index contributed by atoms with van der Waals surface area (Å²) in [4.78, 5) is 27.3. The van der Waals surface area contributed by atoms with E-state index in [0.717, 1.165) is 5.56 Å². The van der Waals surface area contributed by atoms with Crippen LogP contribution in [-0.2, 0) is 0 Å². The number of amides is 1. The maximum absolute atomic E-state index is 12.6. The van der Waals surface area contributed by atoms with Gasteiger partial charge in [0, 0.05) is 18.0 Å². The average Bonchev–Trinajstić information content (AvgIpc) is 2.83. The molecule has 0 aliphatic rings. The number of hydrogen-bond acceptors (Lipinski definition) is 4. The highest BCUT2D eigenvalue weighted by Gasteiger charge is 2.19. The number of nitro groups is 1. The minimum atomic E-state index is -0.597. The zero-order chi connectivity index (χ0) is 17.4. The highest BCUT2D eigenvalue weighted by atomic mass is 35.5. The average molecular weight is 345 g/mol. The third kappa shape index (κ3) is 2.81. The van der Waals surface area contributed by atoms with Gasteiger partial charge in [0.25, 0.3) is 11.6 Å². The number of nitrogens with one attached hydrogen (secondary N) is 1. The van der Waals surface area contributed by atoms with Crippen LogP contribution in [0.3, 0.4) is 0 Å². The molecule has 1 N–H and O–H groups in total. The summed E-state index contributed by atoms with van der Waals surface area (Å²) in [5.74, 6) is -0.402. The lowest BCUT2D eigenvalue weighted by atomic mass is 10.2. The summed E-state index contributed by atoms with van der Waals surface area (Å²) in [6, 6.07) is 7.85. The van der Waals surface area contributed by atoms with E-state index < -0.39 is 10.8 Å². The maximum atomic E-state index is 12.6. The van der Waals surface area contributed by atoms with Crippen molar-refractivity contribution in [1.82, 2.24) is 9.38 Å². The van der Waals surface area contributed by atoms with Crippen molar-refractivity contribution < 1.29 is 9.72 Å². The van der Waals surface area contributed by atoms with E-state index in [0.29, 0.717) is 17.0 Å². The van der Waals surface area contributed by atoms with Crippen molar-refractivity contribution in [2.75, 3.05) is 5.32 Å². The molecule has 0 unspecified atom stereocenters. The molecule has 0 bridgehead atoms. The summed E-state index contributed by atoms with van der Waals surface area (Å²) in [5, 5.41) is 13.6. The number of fused-ring (bicyclic) bond motifs is 1. The smallest absolute Gasteiger partial charge is 0.289 e. The Balaban J connectivity index is 1.98. The number of benzene rings is 1. The van der Waals surface area contributed by atoms with Crippen LogP contribution in [0.5, 0.6) is 0 Å². The van der Waals surface area contributed by atoms with Crippen molar-refractivity contribution in [2.45, 2.75) is 13.8 Å². The fourth-order valence-electron chi connectivity index (χ4n) is 2.46. The van der Waals surface area contributed by atoms with E-state index in [2.05, 4.69) is 10.3 Å². The lowest BCUT2D eigenvalue weighted by Gasteiger charge is -2.07. The van der Waals surface area contributed by atoms with E-state index in [1.54, 1.807) is 17.5 Å². The molecule has 0 atom stereocenters. The molecule has 0 radical (unpaired) electrons. The van der Waals surface area contributed by atoms with Crippen LogP contribution in [0.4, 0.5) is 11.4 Å². The molecule has 0 spiro atoms. The van der Waals surface area contributed by atoms with Crippen LogP contribution < -0.4 is 5.32 Å². The molecule has 7 nitrogen and oxygen atoms in total. The predicted octanol–water partition coefficient (Wildman–Crippen LogP) is 3.77. The number of imidazole rings is 1. The Morgan fingerprint density at radius 2 is 2.04 bits per heavy atom. The number of anilines is 1. The highest BCUT2D eigenvalue weighted by molar-refractivity contribution is 6.32. The molecule has 0 aliphatic heterocycles. The molecule has 1 aromatic carbocycles. The Morgan fingerprint density at radius 1 is 1.29 bits per heavy atom. The van der Waals surface area contributed by atoms with Crippen molar-refractivity contribution in [2.24, 2.45) is 0 Å². The summed E-state index contributed by atoms with van der Waals surface area (Å²) >= 11 is 5.78. The van der Waals surface area contributed by atoms with Crippen molar-refractivity contribution in [1.29, 1.82) is 0 Å². The molecule has 3 aromatic rings. The number of rotatable bonds is 3. The van der Waals surface area contributed by atoms with Crippen LogP contribution in [-0.4, -0.2) is 20.2 Å². The van der Waals surface area contributed by atoms with Crippen LogP contribution in [0.1, 0.15) is 21.7 Å². The standard InChI is InChI=1S/C16H13ClN4O3/c1-9-5-6-20-14(7-9)18-10(2)15(20)16(22)19-11-3-4-12(17)13(8-11)21(23)24/h3-8H,1-2H3,(H,19,22). The summed E-state index contributed by atoms with van der Waals surface area (Å²) in [5.41, 5.74) is 2.68. The van der Waals surface area contributed by atoms with Gasteiger partial charge in [-0.3, -0.25) is 19.3 Å². The fourth-order valence-corrected chi connectivity index (χ4v) is 2.64.